The van der Waals surface area contributed by atoms with Crippen molar-refractivity contribution in [3.05, 3.63) is 28.4 Å². The molecule has 2 aromatic rings. The Morgan fingerprint density at radius 2 is 2.14 bits per heavy atom. The normalized spacial score (nSPS) is 12.0. The number of rotatable bonds is 6. The highest BCUT2D eigenvalue weighted by Crippen LogP contribution is 2.23. The minimum absolute atomic E-state index is 0.278. The highest BCUT2D eigenvalue weighted by molar-refractivity contribution is 9.10. The number of carbonyl (C=O) groups is 1. The molecule has 2 N–H and O–H groups in total. The van der Waals surface area contributed by atoms with Crippen LogP contribution in [0.15, 0.2) is 22.7 Å². The van der Waals surface area contributed by atoms with Gasteiger partial charge in [0.05, 0.1) is 5.52 Å². The number of nitrogens with two attached hydrogens (primary N) is 1. The smallest absolute Gasteiger partial charge is 0.269 e. The van der Waals surface area contributed by atoms with Gasteiger partial charge < -0.3 is 10.5 Å². The fourth-order valence-corrected chi connectivity index (χ4v) is 3.08. The summed E-state index contributed by atoms with van der Waals surface area (Å²) in [5.74, 6) is -0.529. The lowest BCUT2D eigenvalue weighted by atomic mass is 10.2. The quantitative estimate of drug-likeness (QED) is 0.627. The Labute approximate surface area is 133 Å². The van der Waals surface area contributed by atoms with Crippen molar-refractivity contribution in [1.82, 2.24) is 9.78 Å². The van der Waals surface area contributed by atoms with Crippen LogP contribution in [0.2, 0.25) is 25.7 Å². The van der Waals surface area contributed by atoms with E-state index < -0.39 is 14.0 Å². The van der Waals surface area contributed by atoms with E-state index in [1.165, 1.54) is 0 Å². The highest BCUT2D eigenvalue weighted by atomic mass is 79.9. The maximum absolute atomic E-state index is 11.5. The molecule has 0 aliphatic heterocycles. The molecule has 0 fully saturated rings. The minimum Gasteiger partial charge on any atom is -0.364 e. The number of fused-ring (bicyclic) bond motifs is 1. The fourth-order valence-electron chi connectivity index (χ4n) is 1.96. The Kier molecular flexibility index (Phi) is 4.85. The maximum Gasteiger partial charge on any atom is 0.269 e. The number of hydrogen-bond acceptors (Lipinski definition) is 3. The summed E-state index contributed by atoms with van der Waals surface area (Å²) in [5, 5.41) is 5.01. The average Bonchev–Trinajstić information content (AvgIpc) is 2.71. The second kappa shape index (κ2) is 6.29. The third-order valence-electron chi connectivity index (χ3n) is 3.16. The Hall–Kier alpha value is -1.18. The summed E-state index contributed by atoms with van der Waals surface area (Å²) >= 11 is 3.39. The second-order valence-electron chi connectivity index (χ2n) is 6.22. The molecular formula is C14H20BrN3O2Si. The molecule has 2 rings (SSSR count). The summed E-state index contributed by atoms with van der Waals surface area (Å²) in [6, 6.07) is 6.76. The SMILES string of the molecule is C[Si](C)(C)CCOCn1nc(C(N)=O)c2cc(Br)ccc21. The van der Waals surface area contributed by atoms with Crippen molar-refractivity contribution in [1.29, 1.82) is 0 Å². The van der Waals surface area contributed by atoms with Gasteiger partial charge in [0.1, 0.15) is 6.73 Å². The number of nitrogens with zero attached hydrogens (tertiary/aromatic N) is 2. The van der Waals surface area contributed by atoms with Crippen molar-refractivity contribution in [2.24, 2.45) is 5.73 Å². The Balaban J connectivity index is 2.18. The molecule has 5 nitrogen and oxygen atoms in total. The van der Waals surface area contributed by atoms with Crippen LogP contribution in [0, 0.1) is 0 Å². The summed E-state index contributed by atoms with van der Waals surface area (Å²) in [5.41, 5.74) is 6.51. The zero-order valence-electron chi connectivity index (χ0n) is 12.5. The number of amides is 1. The number of hydrogen-bond donors (Lipinski definition) is 1. The van der Waals surface area contributed by atoms with Crippen molar-refractivity contribution >= 4 is 40.8 Å². The molecule has 114 valence electrons. The average molecular weight is 370 g/mol. The summed E-state index contributed by atoms with van der Waals surface area (Å²) in [7, 11) is -1.10. The first kappa shape index (κ1) is 16.2. The molecule has 0 unspecified atom stereocenters. The van der Waals surface area contributed by atoms with Crippen molar-refractivity contribution in [3.8, 4) is 0 Å². The van der Waals surface area contributed by atoms with Gasteiger partial charge in [-0.1, -0.05) is 35.6 Å². The van der Waals surface area contributed by atoms with Crippen LogP contribution in [-0.4, -0.2) is 30.4 Å². The molecule has 1 amide bonds. The van der Waals surface area contributed by atoms with Crippen molar-refractivity contribution in [2.45, 2.75) is 32.4 Å². The van der Waals surface area contributed by atoms with Crippen LogP contribution in [0.5, 0.6) is 0 Å². The molecular weight excluding hydrogens is 350 g/mol. The van der Waals surface area contributed by atoms with Crippen LogP contribution < -0.4 is 5.73 Å². The third kappa shape index (κ3) is 4.15. The number of carbonyl (C=O) groups excluding carboxylic acids is 1. The first-order chi connectivity index (χ1) is 9.78. The van der Waals surface area contributed by atoms with E-state index in [1.807, 2.05) is 18.2 Å². The van der Waals surface area contributed by atoms with Crippen molar-refractivity contribution in [3.63, 3.8) is 0 Å². The number of ether oxygens (including phenoxy) is 1. The maximum atomic E-state index is 11.5. The van der Waals surface area contributed by atoms with Gasteiger partial charge >= 0.3 is 0 Å². The fraction of sp³-hybridized carbons (Fsp3) is 0.429. The molecule has 0 atom stereocenters. The zero-order valence-corrected chi connectivity index (χ0v) is 15.1. The van der Waals surface area contributed by atoms with Gasteiger partial charge in [-0.3, -0.25) is 4.79 Å². The van der Waals surface area contributed by atoms with E-state index in [4.69, 9.17) is 10.5 Å². The van der Waals surface area contributed by atoms with Gasteiger partial charge in [0.25, 0.3) is 5.91 Å². The molecule has 0 radical (unpaired) electrons. The molecule has 0 aliphatic rings. The van der Waals surface area contributed by atoms with E-state index in [0.717, 1.165) is 21.4 Å². The van der Waals surface area contributed by atoms with E-state index in [-0.39, 0.29) is 5.69 Å². The van der Waals surface area contributed by atoms with Crippen molar-refractivity contribution < 1.29 is 9.53 Å². The summed E-state index contributed by atoms with van der Waals surface area (Å²) in [6.07, 6.45) is 0. The van der Waals surface area contributed by atoms with Crippen LogP contribution in [-0.2, 0) is 11.5 Å². The number of aromatic nitrogens is 2. The lowest BCUT2D eigenvalue weighted by molar-refractivity contribution is 0.0808. The molecule has 0 saturated carbocycles. The summed E-state index contributed by atoms with van der Waals surface area (Å²) < 4.78 is 8.27. The molecule has 1 heterocycles. The predicted molar refractivity (Wildman–Crippen MR) is 90.1 cm³/mol. The van der Waals surface area contributed by atoms with E-state index in [0.29, 0.717) is 13.3 Å². The van der Waals surface area contributed by atoms with Gasteiger partial charge in [-0.25, -0.2) is 4.68 Å². The molecule has 1 aromatic carbocycles. The van der Waals surface area contributed by atoms with E-state index in [2.05, 4.69) is 40.7 Å². The van der Waals surface area contributed by atoms with Gasteiger partial charge in [-0.15, -0.1) is 0 Å². The third-order valence-corrected chi connectivity index (χ3v) is 5.35. The van der Waals surface area contributed by atoms with Crippen LogP contribution in [0.25, 0.3) is 10.9 Å². The zero-order chi connectivity index (χ0) is 15.6. The van der Waals surface area contributed by atoms with Gasteiger partial charge in [0.15, 0.2) is 5.69 Å². The standard InChI is InChI=1S/C14H20BrN3O2Si/c1-21(2,3)7-6-20-9-18-12-5-4-10(15)8-11(12)13(17-18)14(16)19/h4-5,8H,6-7,9H2,1-3H3,(H2,16,19). The van der Waals surface area contributed by atoms with Crippen LogP contribution in [0.4, 0.5) is 0 Å². The van der Waals surface area contributed by atoms with E-state index in [1.54, 1.807) is 4.68 Å². The summed E-state index contributed by atoms with van der Waals surface area (Å²) in [6.45, 7) is 7.96. The number of primary amides is 1. The Morgan fingerprint density at radius 3 is 2.76 bits per heavy atom. The highest BCUT2D eigenvalue weighted by Gasteiger charge is 2.16. The Bertz CT molecular complexity index is 664. The first-order valence-electron chi connectivity index (χ1n) is 6.81. The predicted octanol–water partition coefficient (Wildman–Crippen LogP) is 3.21. The molecule has 0 spiro atoms. The molecule has 0 bridgehead atoms. The number of halogens is 1. The minimum atomic E-state index is -1.10. The van der Waals surface area contributed by atoms with Crippen LogP contribution >= 0.6 is 15.9 Å². The number of benzene rings is 1. The van der Waals surface area contributed by atoms with Crippen LogP contribution in [0.1, 0.15) is 10.5 Å². The van der Waals surface area contributed by atoms with E-state index in [9.17, 15) is 4.79 Å². The van der Waals surface area contributed by atoms with Crippen LogP contribution in [0.3, 0.4) is 0 Å². The second-order valence-corrected chi connectivity index (χ2v) is 12.8. The van der Waals surface area contributed by atoms with E-state index >= 15 is 0 Å². The summed E-state index contributed by atoms with van der Waals surface area (Å²) in [4.78, 5) is 11.5. The molecule has 1 aromatic heterocycles. The Morgan fingerprint density at radius 1 is 1.43 bits per heavy atom. The van der Waals surface area contributed by atoms with Gasteiger partial charge in [-0.05, 0) is 24.2 Å². The lowest BCUT2D eigenvalue weighted by Crippen LogP contribution is -2.22. The van der Waals surface area contributed by atoms with Crippen molar-refractivity contribution in [2.75, 3.05) is 6.61 Å². The molecule has 7 heteroatoms. The lowest BCUT2D eigenvalue weighted by Gasteiger charge is -2.15. The molecule has 0 saturated heterocycles. The van der Waals surface area contributed by atoms with Gasteiger partial charge in [0, 0.05) is 24.5 Å². The van der Waals surface area contributed by atoms with Gasteiger partial charge in [-0.2, -0.15) is 5.10 Å². The largest absolute Gasteiger partial charge is 0.364 e. The first-order valence-corrected chi connectivity index (χ1v) is 11.3. The topological polar surface area (TPSA) is 70.1 Å². The monoisotopic (exact) mass is 369 g/mol. The van der Waals surface area contributed by atoms with Gasteiger partial charge in [0.2, 0.25) is 0 Å². The molecule has 0 aliphatic carbocycles. The molecule has 21 heavy (non-hydrogen) atoms.